The van der Waals surface area contributed by atoms with Crippen LogP contribution in [0.4, 0.5) is 22.0 Å². The Bertz CT molecular complexity index is 335. The zero-order valence-electron chi connectivity index (χ0n) is 6.45. The van der Waals surface area contributed by atoms with Gasteiger partial charge in [-0.1, -0.05) is 6.07 Å². The molecule has 78 valence electrons. The highest BCUT2D eigenvalue weighted by molar-refractivity contribution is 9.10. The molecule has 0 aromatic carbocycles. The topological polar surface area (TPSA) is 12.9 Å². The van der Waals surface area contributed by atoms with E-state index in [1.54, 1.807) is 0 Å². The molecule has 1 aromatic rings. The van der Waals surface area contributed by atoms with Crippen molar-refractivity contribution in [3.05, 3.63) is 28.5 Å². The summed E-state index contributed by atoms with van der Waals surface area (Å²) < 4.78 is 60.7. The molecule has 1 heterocycles. The molecule has 0 aliphatic carbocycles. The van der Waals surface area contributed by atoms with Gasteiger partial charge in [-0.25, -0.2) is 4.98 Å². The second-order valence-electron chi connectivity index (χ2n) is 2.42. The fourth-order valence-electron chi connectivity index (χ4n) is 0.728. The van der Waals surface area contributed by atoms with Crippen LogP contribution in [-0.2, 0) is 5.92 Å². The van der Waals surface area contributed by atoms with E-state index in [-0.39, 0.29) is 4.60 Å². The predicted octanol–water partition coefficient (Wildman–Crippen LogP) is 3.50. The molecular formula is C7H3BrF5N. The third kappa shape index (κ3) is 2.02. The number of pyridine rings is 1. The Balaban J connectivity index is 3.16. The van der Waals surface area contributed by atoms with Gasteiger partial charge >= 0.3 is 12.1 Å². The molecule has 0 fully saturated rings. The maximum absolute atomic E-state index is 12.6. The predicted molar refractivity (Wildman–Crippen MR) is 41.9 cm³/mol. The van der Waals surface area contributed by atoms with Crippen molar-refractivity contribution in [1.82, 2.24) is 4.98 Å². The van der Waals surface area contributed by atoms with Crippen LogP contribution in [0.1, 0.15) is 5.69 Å². The van der Waals surface area contributed by atoms with Crippen molar-refractivity contribution in [1.29, 1.82) is 0 Å². The van der Waals surface area contributed by atoms with Gasteiger partial charge in [-0.2, -0.15) is 22.0 Å². The first-order valence-electron chi connectivity index (χ1n) is 3.33. The number of halogens is 6. The smallest absolute Gasteiger partial charge is 0.239 e. The Kier molecular flexibility index (Phi) is 2.80. The van der Waals surface area contributed by atoms with E-state index in [9.17, 15) is 22.0 Å². The van der Waals surface area contributed by atoms with Crippen molar-refractivity contribution in [3.8, 4) is 0 Å². The van der Waals surface area contributed by atoms with Gasteiger partial charge in [-0.3, -0.25) is 0 Å². The Labute approximate surface area is 84.1 Å². The first-order chi connectivity index (χ1) is 6.25. The van der Waals surface area contributed by atoms with Gasteiger partial charge in [-0.15, -0.1) is 0 Å². The van der Waals surface area contributed by atoms with E-state index < -0.39 is 17.8 Å². The molecule has 0 N–H and O–H groups in total. The van der Waals surface area contributed by atoms with Crippen molar-refractivity contribution in [2.75, 3.05) is 0 Å². The number of alkyl halides is 5. The van der Waals surface area contributed by atoms with Crippen LogP contribution in [0.25, 0.3) is 0 Å². The summed E-state index contributed by atoms with van der Waals surface area (Å²) in [4.78, 5) is 3.06. The highest BCUT2D eigenvalue weighted by atomic mass is 79.9. The lowest BCUT2D eigenvalue weighted by molar-refractivity contribution is -0.291. The van der Waals surface area contributed by atoms with Gasteiger partial charge in [0.25, 0.3) is 0 Å². The van der Waals surface area contributed by atoms with Crippen LogP contribution in [-0.4, -0.2) is 11.2 Å². The van der Waals surface area contributed by atoms with Crippen LogP contribution < -0.4 is 0 Å². The van der Waals surface area contributed by atoms with E-state index >= 15 is 0 Å². The number of hydrogen-bond acceptors (Lipinski definition) is 1. The van der Waals surface area contributed by atoms with Crippen LogP contribution in [0.15, 0.2) is 22.8 Å². The van der Waals surface area contributed by atoms with E-state index in [0.29, 0.717) is 6.07 Å². The van der Waals surface area contributed by atoms with Crippen LogP contribution in [0.2, 0.25) is 0 Å². The maximum Gasteiger partial charge on any atom is 0.459 e. The van der Waals surface area contributed by atoms with Gasteiger partial charge in [0.2, 0.25) is 0 Å². The second-order valence-corrected chi connectivity index (χ2v) is 3.23. The molecule has 0 atom stereocenters. The van der Waals surface area contributed by atoms with E-state index in [0.717, 1.165) is 6.07 Å². The molecule has 0 spiro atoms. The zero-order chi connectivity index (χ0) is 11.0. The summed E-state index contributed by atoms with van der Waals surface area (Å²) >= 11 is 2.71. The Morgan fingerprint density at radius 1 is 1.07 bits per heavy atom. The first kappa shape index (κ1) is 11.4. The zero-order valence-corrected chi connectivity index (χ0v) is 8.03. The normalized spacial score (nSPS) is 13.0. The minimum atomic E-state index is -5.62. The lowest BCUT2D eigenvalue weighted by atomic mass is 10.2. The molecule has 14 heavy (non-hydrogen) atoms. The van der Waals surface area contributed by atoms with Gasteiger partial charge in [0, 0.05) is 0 Å². The number of nitrogens with zero attached hydrogens (tertiary/aromatic N) is 1. The van der Waals surface area contributed by atoms with Gasteiger partial charge in [0.1, 0.15) is 10.3 Å². The number of rotatable bonds is 1. The molecule has 1 rings (SSSR count). The fourth-order valence-corrected chi connectivity index (χ4v) is 1.07. The third-order valence-electron chi connectivity index (χ3n) is 1.39. The summed E-state index contributed by atoms with van der Waals surface area (Å²) in [5.41, 5.74) is -1.32. The van der Waals surface area contributed by atoms with Gasteiger partial charge < -0.3 is 0 Å². The average Bonchev–Trinajstić information content (AvgIpc) is 2.02. The van der Waals surface area contributed by atoms with Gasteiger partial charge in [-0.05, 0) is 28.1 Å². The molecule has 0 amide bonds. The van der Waals surface area contributed by atoms with Crippen LogP contribution >= 0.6 is 15.9 Å². The standard InChI is InChI=1S/C7H3BrF5N/c8-5-3-1-2-4(14-5)6(9,10)7(11,12)13/h1-3H. The molecule has 0 aliphatic heterocycles. The quantitative estimate of drug-likeness (QED) is 0.565. The highest BCUT2D eigenvalue weighted by Crippen LogP contribution is 2.43. The van der Waals surface area contributed by atoms with E-state index in [4.69, 9.17) is 0 Å². The minimum absolute atomic E-state index is 0.0704. The second kappa shape index (κ2) is 3.45. The molecule has 0 radical (unpaired) electrons. The summed E-state index contributed by atoms with van der Waals surface area (Å²) in [6, 6.07) is 2.94. The number of aromatic nitrogens is 1. The minimum Gasteiger partial charge on any atom is -0.239 e. The Hall–Kier alpha value is -0.720. The first-order valence-corrected chi connectivity index (χ1v) is 4.12. The summed E-state index contributed by atoms with van der Waals surface area (Å²) in [6.45, 7) is 0. The lowest BCUT2D eigenvalue weighted by Crippen LogP contribution is -2.34. The van der Waals surface area contributed by atoms with Crippen LogP contribution in [0.5, 0.6) is 0 Å². The van der Waals surface area contributed by atoms with Gasteiger partial charge in [0.15, 0.2) is 0 Å². The SMILES string of the molecule is FC(F)(F)C(F)(F)c1cccc(Br)n1. The third-order valence-corrected chi connectivity index (χ3v) is 1.83. The van der Waals surface area contributed by atoms with Crippen molar-refractivity contribution in [3.63, 3.8) is 0 Å². The van der Waals surface area contributed by atoms with Crippen molar-refractivity contribution in [2.24, 2.45) is 0 Å². The van der Waals surface area contributed by atoms with Gasteiger partial charge in [0.05, 0.1) is 0 Å². The monoisotopic (exact) mass is 275 g/mol. The molecule has 0 saturated carbocycles. The maximum atomic E-state index is 12.6. The molecule has 0 bridgehead atoms. The summed E-state index contributed by atoms with van der Waals surface area (Å²) in [6.07, 6.45) is -5.62. The molecule has 7 heteroatoms. The fraction of sp³-hybridized carbons (Fsp3) is 0.286. The molecule has 1 nitrogen and oxygen atoms in total. The van der Waals surface area contributed by atoms with E-state index in [2.05, 4.69) is 20.9 Å². The lowest BCUT2D eigenvalue weighted by Gasteiger charge is -2.18. The molecule has 0 unspecified atom stereocenters. The van der Waals surface area contributed by atoms with E-state index in [1.807, 2.05) is 0 Å². The molecule has 0 saturated heterocycles. The summed E-state index contributed by atoms with van der Waals surface area (Å²) in [5, 5.41) is 0. The van der Waals surface area contributed by atoms with Crippen molar-refractivity contribution >= 4 is 15.9 Å². The highest BCUT2D eigenvalue weighted by Gasteiger charge is 2.59. The summed E-state index contributed by atoms with van der Waals surface area (Å²) in [5.74, 6) is -4.92. The number of hydrogen-bond donors (Lipinski definition) is 0. The molecule has 1 aromatic heterocycles. The van der Waals surface area contributed by atoms with Crippen LogP contribution in [0.3, 0.4) is 0 Å². The summed E-state index contributed by atoms with van der Waals surface area (Å²) in [7, 11) is 0. The largest absolute Gasteiger partial charge is 0.459 e. The Morgan fingerprint density at radius 2 is 1.64 bits per heavy atom. The van der Waals surface area contributed by atoms with E-state index in [1.165, 1.54) is 6.07 Å². The van der Waals surface area contributed by atoms with Crippen LogP contribution in [0, 0.1) is 0 Å². The average molecular weight is 276 g/mol. The molecular weight excluding hydrogens is 273 g/mol. The van der Waals surface area contributed by atoms with Crippen molar-refractivity contribution in [2.45, 2.75) is 12.1 Å². The molecule has 0 aliphatic rings. The van der Waals surface area contributed by atoms with Crippen molar-refractivity contribution < 1.29 is 22.0 Å². The Morgan fingerprint density at radius 3 is 2.07 bits per heavy atom.